The van der Waals surface area contributed by atoms with Gasteiger partial charge in [0.1, 0.15) is 5.25 Å². The van der Waals surface area contributed by atoms with Gasteiger partial charge in [-0.05, 0) is 13.3 Å². The maximum atomic E-state index is 11.5. The molecule has 0 rings (SSSR count). The molecule has 0 aromatic heterocycles. The number of carbonyl (C=O) groups is 2. The highest BCUT2D eigenvalue weighted by Gasteiger charge is 2.15. The summed E-state index contributed by atoms with van der Waals surface area (Å²) >= 11 is 0.947. The minimum absolute atomic E-state index is 0.0119. The third kappa shape index (κ3) is 12.3. The van der Waals surface area contributed by atoms with Gasteiger partial charge in [-0.3, -0.25) is 9.59 Å². The number of rotatable bonds is 12. The molecule has 0 aliphatic heterocycles. The molecule has 0 radical (unpaired) electrons. The average Bonchev–Trinajstić information content (AvgIpc) is 2.36. The summed E-state index contributed by atoms with van der Waals surface area (Å²) in [6, 6.07) is 0. The highest BCUT2D eigenvalue weighted by atomic mass is 32.2. The quantitative estimate of drug-likeness (QED) is 0.531. The maximum absolute atomic E-state index is 11.5. The van der Waals surface area contributed by atoms with Crippen molar-refractivity contribution in [3.8, 4) is 0 Å². The summed E-state index contributed by atoms with van der Waals surface area (Å²) in [7, 11) is 0. The Morgan fingerprint density at radius 1 is 0.947 bits per heavy atom. The standard InChI is InChI=1S/C15H28O3S/c1-3-4-5-6-7-8-9-10-11-12-14(16)19-13(2)15(17)18/h13H,3-12H2,1-2H3,(H,17,18). The predicted octanol–water partition coefficient (Wildman–Crippen LogP) is 4.64. The molecule has 0 spiro atoms. The van der Waals surface area contributed by atoms with Crippen molar-refractivity contribution >= 4 is 22.8 Å². The van der Waals surface area contributed by atoms with Gasteiger partial charge < -0.3 is 5.11 Å². The number of carbonyl (C=O) groups excluding carboxylic acids is 1. The molecule has 0 heterocycles. The fourth-order valence-corrected chi connectivity index (χ4v) is 2.64. The fourth-order valence-electron chi connectivity index (χ4n) is 1.89. The Morgan fingerprint density at radius 2 is 1.42 bits per heavy atom. The molecule has 1 atom stereocenters. The van der Waals surface area contributed by atoms with Crippen LogP contribution in [0.4, 0.5) is 0 Å². The minimum atomic E-state index is -0.912. The van der Waals surface area contributed by atoms with Gasteiger partial charge in [-0.2, -0.15) is 0 Å². The second kappa shape index (κ2) is 12.5. The SMILES string of the molecule is CCCCCCCCCCCC(=O)SC(C)C(=O)O. The molecule has 1 N–H and O–H groups in total. The molecule has 112 valence electrons. The second-order valence-corrected chi connectivity index (χ2v) is 6.45. The zero-order valence-electron chi connectivity index (χ0n) is 12.3. The summed E-state index contributed by atoms with van der Waals surface area (Å²) in [4.78, 5) is 22.0. The van der Waals surface area contributed by atoms with E-state index in [1.54, 1.807) is 6.92 Å². The molecule has 0 aromatic carbocycles. The van der Waals surface area contributed by atoms with Crippen molar-refractivity contribution < 1.29 is 14.7 Å². The van der Waals surface area contributed by atoms with E-state index in [9.17, 15) is 9.59 Å². The molecular weight excluding hydrogens is 260 g/mol. The minimum Gasteiger partial charge on any atom is -0.480 e. The molecule has 19 heavy (non-hydrogen) atoms. The maximum Gasteiger partial charge on any atom is 0.316 e. The number of hydrogen-bond donors (Lipinski definition) is 1. The van der Waals surface area contributed by atoms with Crippen LogP contribution in [-0.4, -0.2) is 21.4 Å². The molecule has 0 saturated heterocycles. The van der Waals surface area contributed by atoms with Crippen LogP contribution in [0.5, 0.6) is 0 Å². The van der Waals surface area contributed by atoms with E-state index in [1.807, 2.05) is 0 Å². The molecular formula is C15H28O3S. The number of hydrogen-bond acceptors (Lipinski definition) is 3. The lowest BCUT2D eigenvalue weighted by Gasteiger charge is -2.05. The first-order chi connectivity index (χ1) is 9.07. The van der Waals surface area contributed by atoms with Crippen molar-refractivity contribution in [3.05, 3.63) is 0 Å². The van der Waals surface area contributed by atoms with E-state index in [-0.39, 0.29) is 5.12 Å². The lowest BCUT2D eigenvalue weighted by molar-refractivity contribution is -0.136. The Bertz CT molecular complexity index is 254. The van der Waals surface area contributed by atoms with Crippen molar-refractivity contribution in [1.29, 1.82) is 0 Å². The summed E-state index contributed by atoms with van der Waals surface area (Å²) < 4.78 is 0. The second-order valence-electron chi connectivity index (χ2n) is 5.05. The zero-order valence-corrected chi connectivity index (χ0v) is 13.1. The van der Waals surface area contributed by atoms with E-state index in [1.165, 1.54) is 44.9 Å². The van der Waals surface area contributed by atoms with Crippen LogP contribution in [0.2, 0.25) is 0 Å². The van der Waals surface area contributed by atoms with Crippen molar-refractivity contribution in [3.63, 3.8) is 0 Å². The molecule has 0 saturated carbocycles. The lowest BCUT2D eigenvalue weighted by atomic mass is 10.1. The summed E-state index contributed by atoms with van der Waals surface area (Å²) in [6.45, 7) is 3.78. The number of aliphatic carboxylic acids is 1. The Morgan fingerprint density at radius 3 is 1.89 bits per heavy atom. The monoisotopic (exact) mass is 288 g/mol. The normalized spacial score (nSPS) is 12.3. The topological polar surface area (TPSA) is 54.4 Å². The van der Waals surface area contributed by atoms with E-state index in [0.717, 1.165) is 24.6 Å². The van der Waals surface area contributed by atoms with Crippen LogP contribution in [-0.2, 0) is 9.59 Å². The first-order valence-corrected chi connectivity index (χ1v) is 8.38. The smallest absolute Gasteiger partial charge is 0.316 e. The summed E-state index contributed by atoms with van der Waals surface area (Å²) in [5.74, 6) is -0.912. The van der Waals surface area contributed by atoms with Gasteiger partial charge in [-0.25, -0.2) is 0 Å². The van der Waals surface area contributed by atoms with E-state index in [4.69, 9.17) is 5.11 Å². The fraction of sp³-hybridized carbons (Fsp3) is 0.867. The largest absolute Gasteiger partial charge is 0.480 e. The average molecular weight is 288 g/mol. The van der Waals surface area contributed by atoms with Crippen molar-refractivity contribution in [2.45, 2.75) is 83.3 Å². The van der Waals surface area contributed by atoms with Crippen molar-refractivity contribution in [2.75, 3.05) is 0 Å². The first-order valence-electron chi connectivity index (χ1n) is 7.50. The Balaban J connectivity index is 3.30. The molecule has 0 fully saturated rings. The summed E-state index contributed by atoms with van der Waals surface area (Å²) in [5, 5.41) is 8.08. The van der Waals surface area contributed by atoms with Gasteiger partial charge in [0.25, 0.3) is 0 Å². The third-order valence-corrected chi connectivity index (χ3v) is 4.16. The Kier molecular flexibility index (Phi) is 12.2. The number of thioether (sulfide) groups is 1. The van der Waals surface area contributed by atoms with Gasteiger partial charge in [-0.15, -0.1) is 0 Å². The van der Waals surface area contributed by atoms with Crippen molar-refractivity contribution in [1.82, 2.24) is 0 Å². The van der Waals surface area contributed by atoms with Crippen LogP contribution in [0.15, 0.2) is 0 Å². The van der Waals surface area contributed by atoms with E-state index >= 15 is 0 Å². The lowest BCUT2D eigenvalue weighted by Crippen LogP contribution is -2.14. The van der Waals surface area contributed by atoms with Gasteiger partial charge in [0, 0.05) is 6.42 Å². The molecule has 1 unspecified atom stereocenters. The van der Waals surface area contributed by atoms with Gasteiger partial charge in [0.15, 0.2) is 5.12 Å². The molecule has 0 aromatic rings. The third-order valence-electron chi connectivity index (χ3n) is 3.14. The van der Waals surface area contributed by atoms with Crippen LogP contribution in [0, 0.1) is 0 Å². The van der Waals surface area contributed by atoms with E-state index in [2.05, 4.69) is 6.92 Å². The number of carboxylic acid groups (broad SMARTS) is 1. The van der Waals surface area contributed by atoms with Crippen LogP contribution >= 0.6 is 11.8 Å². The Hall–Kier alpha value is -0.510. The summed E-state index contributed by atoms with van der Waals surface area (Å²) in [5.41, 5.74) is 0. The van der Waals surface area contributed by atoms with Gasteiger partial charge in [-0.1, -0.05) is 70.1 Å². The van der Waals surface area contributed by atoms with Crippen molar-refractivity contribution in [2.24, 2.45) is 0 Å². The van der Waals surface area contributed by atoms with Crippen LogP contribution in [0.3, 0.4) is 0 Å². The van der Waals surface area contributed by atoms with Gasteiger partial charge in [0.05, 0.1) is 0 Å². The molecule has 4 heteroatoms. The molecule has 3 nitrogen and oxygen atoms in total. The molecule has 0 aliphatic carbocycles. The molecule has 0 amide bonds. The van der Waals surface area contributed by atoms with E-state index in [0.29, 0.717) is 6.42 Å². The highest BCUT2D eigenvalue weighted by Crippen LogP contribution is 2.17. The first kappa shape index (κ1) is 18.5. The Labute approximate surface area is 121 Å². The predicted molar refractivity (Wildman–Crippen MR) is 81.5 cm³/mol. The molecule has 0 aliphatic rings. The van der Waals surface area contributed by atoms with Gasteiger partial charge in [0.2, 0.25) is 0 Å². The molecule has 0 bridgehead atoms. The highest BCUT2D eigenvalue weighted by molar-refractivity contribution is 8.14. The number of unbranched alkanes of at least 4 members (excludes halogenated alkanes) is 8. The van der Waals surface area contributed by atoms with Gasteiger partial charge >= 0.3 is 5.97 Å². The number of carboxylic acids is 1. The van der Waals surface area contributed by atoms with Crippen LogP contribution in [0.1, 0.15) is 78.1 Å². The van der Waals surface area contributed by atoms with Crippen LogP contribution < -0.4 is 0 Å². The summed E-state index contributed by atoms with van der Waals surface area (Å²) in [6.07, 6.45) is 11.6. The van der Waals surface area contributed by atoms with E-state index < -0.39 is 11.2 Å². The van der Waals surface area contributed by atoms with Crippen LogP contribution in [0.25, 0.3) is 0 Å². The zero-order chi connectivity index (χ0) is 14.5.